The summed E-state index contributed by atoms with van der Waals surface area (Å²) < 4.78 is 5.42. The normalized spacial score (nSPS) is 19.3. The maximum absolute atomic E-state index is 12.0. The number of nitrogens with zero attached hydrogens (tertiary/aromatic N) is 1. The number of benzene rings is 1. The fourth-order valence-electron chi connectivity index (χ4n) is 2.06. The molecular weight excluding hydrogens is 287 g/mol. The number of halogens is 2. The highest BCUT2D eigenvalue weighted by molar-refractivity contribution is 6.34. The van der Waals surface area contributed by atoms with Crippen LogP contribution in [0.4, 0.5) is 0 Å². The molecule has 0 spiro atoms. The molecule has 1 aliphatic heterocycles. The van der Waals surface area contributed by atoms with Gasteiger partial charge in [-0.25, -0.2) is 0 Å². The Hall–Kier alpha value is -0.970. The van der Waals surface area contributed by atoms with Crippen LogP contribution in [0.1, 0.15) is 12.8 Å². The van der Waals surface area contributed by atoms with Crippen molar-refractivity contribution in [3.8, 4) is 5.75 Å². The molecule has 0 aliphatic carbocycles. The predicted octanol–water partition coefficient (Wildman–Crippen LogP) is 2.32. The molecule has 0 saturated carbocycles. The molecule has 1 saturated heterocycles. The van der Waals surface area contributed by atoms with Gasteiger partial charge in [0.25, 0.3) is 5.91 Å². The SMILES string of the molecule is N[C@H]1CCCN(C(=O)COc2cc(Cl)ccc2Cl)C1. The van der Waals surface area contributed by atoms with Gasteiger partial charge in [0.2, 0.25) is 0 Å². The number of nitrogens with two attached hydrogens (primary N) is 1. The fraction of sp³-hybridized carbons (Fsp3) is 0.462. The number of ether oxygens (including phenoxy) is 1. The van der Waals surface area contributed by atoms with Gasteiger partial charge in [0, 0.05) is 30.2 Å². The number of piperidine rings is 1. The zero-order chi connectivity index (χ0) is 13.8. The summed E-state index contributed by atoms with van der Waals surface area (Å²) >= 11 is 11.8. The first kappa shape index (κ1) is 14.4. The first-order valence-corrected chi connectivity index (χ1v) is 6.93. The Morgan fingerprint density at radius 3 is 3.00 bits per heavy atom. The molecule has 1 amide bonds. The lowest BCUT2D eigenvalue weighted by Crippen LogP contribution is -2.47. The van der Waals surface area contributed by atoms with Gasteiger partial charge in [0.05, 0.1) is 5.02 Å². The third kappa shape index (κ3) is 4.00. The first-order chi connectivity index (χ1) is 9.06. The van der Waals surface area contributed by atoms with E-state index in [4.69, 9.17) is 33.7 Å². The molecular formula is C13H16Cl2N2O2. The van der Waals surface area contributed by atoms with Gasteiger partial charge in [-0.2, -0.15) is 0 Å². The minimum Gasteiger partial charge on any atom is -0.482 e. The van der Waals surface area contributed by atoms with Crippen molar-refractivity contribution in [1.29, 1.82) is 0 Å². The van der Waals surface area contributed by atoms with Crippen molar-refractivity contribution >= 4 is 29.1 Å². The molecule has 104 valence electrons. The molecule has 1 atom stereocenters. The minimum atomic E-state index is -0.0776. The van der Waals surface area contributed by atoms with E-state index in [9.17, 15) is 4.79 Å². The summed E-state index contributed by atoms with van der Waals surface area (Å²) in [6, 6.07) is 4.97. The van der Waals surface area contributed by atoms with Crippen LogP contribution in [0, 0.1) is 0 Å². The number of rotatable bonds is 3. The fourth-order valence-corrected chi connectivity index (χ4v) is 2.39. The van der Waals surface area contributed by atoms with Crippen molar-refractivity contribution in [1.82, 2.24) is 4.90 Å². The van der Waals surface area contributed by atoms with Gasteiger partial charge < -0.3 is 15.4 Å². The van der Waals surface area contributed by atoms with Crippen molar-refractivity contribution in [2.45, 2.75) is 18.9 Å². The van der Waals surface area contributed by atoms with Gasteiger partial charge in [0.15, 0.2) is 6.61 Å². The highest BCUT2D eigenvalue weighted by Crippen LogP contribution is 2.27. The Kier molecular flexibility index (Phi) is 4.91. The topological polar surface area (TPSA) is 55.6 Å². The summed E-state index contributed by atoms with van der Waals surface area (Å²) in [5, 5.41) is 0.958. The molecule has 0 bridgehead atoms. The monoisotopic (exact) mass is 302 g/mol. The number of carbonyl (C=O) groups is 1. The molecule has 2 rings (SSSR count). The first-order valence-electron chi connectivity index (χ1n) is 6.17. The van der Waals surface area contributed by atoms with E-state index in [0.717, 1.165) is 19.4 Å². The molecule has 0 radical (unpaired) electrons. The van der Waals surface area contributed by atoms with Gasteiger partial charge >= 0.3 is 0 Å². The second-order valence-electron chi connectivity index (χ2n) is 4.61. The van der Waals surface area contributed by atoms with E-state index >= 15 is 0 Å². The molecule has 6 heteroatoms. The van der Waals surface area contributed by atoms with Gasteiger partial charge in [-0.1, -0.05) is 23.2 Å². The standard InChI is InChI=1S/C13H16Cl2N2O2/c14-9-3-4-11(15)12(6-9)19-8-13(18)17-5-1-2-10(16)7-17/h3-4,6,10H,1-2,5,7-8,16H2/t10-/m0/s1. The Bertz CT molecular complexity index is 468. The molecule has 1 aromatic rings. The van der Waals surface area contributed by atoms with Crippen LogP contribution in [0.2, 0.25) is 10.0 Å². The van der Waals surface area contributed by atoms with Crippen LogP contribution in [0.3, 0.4) is 0 Å². The molecule has 4 nitrogen and oxygen atoms in total. The van der Waals surface area contributed by atoms with Crippen LogP contribution < -0.4 is 10.5 Å². The number of carbonyl (C=O) groups excluding carboxylic acids is 1. The van der Waals surface area contributed by atoms with Gasteiger partial charge in [-0.3, -0.25) is 4.79 Å². The zero-order valence-corrected chi connectivity index (χ0v) is 12.0. The second kappa shape index (κ2) is 6.46. The lowest BCUT2D eigenvalue weighted by atomic mass is 10.1. The number of likely N-dealkylation sites (tertiary alicyclic amines) is 1. The lowest BCUT2D eigenvalue weighted by Gasteiger charge is -2.30. The molecule has 0 aromatic heterocycles. The number of hydrogen-bond acceptors (Lipinski definition) is 3. The Labute approximate surface area is 122 Å². The van der Waals surface area contributed by atoms with Gasteiger partial charge in [-0.15, -0.1) is 0 Å². The van der Waals surface area contributed by atoms with E-state index in [2.05, 4.69) is 0 Å². The van der Waals surface area contributed by atoms with Crippen molar-refractivity contribution in [2.75, 3.05) is 19.7 Å². The highest BCUT2D eigenvalue weighted by atomic mass is 35.5. The summed E-state index contributed by atoms with van der Waals surface area (Å²) in [7, 11) is 0. The Balaban J connectivity index is 1.91. The van der Waals surface area contributed by atoms with Crippen LogP contribution in [0.5, 0.6) is 5.75 Å². The second-order valence-corrected chi connectivity index (χ2v) is 5.45. The third-order valence-electron chi connectivity index (χ3n) is 3.05. The third-order valence-corrected chi connectivity index (χ3v) is 3.60. The molecule has 2 N–H and O–H groups in total. The van der Waals surface area contributed by atoms with E-state index in [1.807, 2.05) is 0 Å². The van der Waals surface area contributed by atoms with Crippen LogP contribution in [0.25, 0.3) is 0 Å². The summed E-state index contributed by atoms with van der Waals surface area (Å²) in [6.07, 6.45) is 1.90. The predicted molar refractivity (Wildman–Crippen MR) is 75.7 cm³/mol. The molecule has 0 unspecified atom stereocenters. The zero-order valence-electron chi connectivity index (χ0n) is 10.4. The Morgan fingerprint density at radius 2 is 2.26 bits per heavy atom. The van der Waals surface area contributed by atoms with Crippen LogP contribution in [-0.4, -0.2) is 36.5 Å². The highest BCUT2D eigenvalue weighted by Gasteiger charge is 2.21. The van der Waals surface area contributed by atoms with Crippen LogP contribution in [0.15, 0.2) is 18.2 Å². The lowest BCUT2D eigenvalue weighted by molar-refractivity contribution is -0.134. The average molecular weight is 303 g/mol. The molecule has 1 aromatic carbocycles. The van der Waals surface area contributed by atoms with Crippen LogP contribution in [-0.2, 0) is 4.79 Å². The average Bonchev–Trinajstić information content (AvgIpc) is 2.39. The molecule has 1 aliphatic rings. The van der Waals surface area contributed by atoms with E-state index in [0.29, 0.717) is 22.3 Å². The smallest absolute Gasteiger partial charge is 0.260 e. The minimum absolute atomic E-state index is 0.0488. The van der Waals surface area contributed by atoms with Crippen LogP contribution >= 0.6 is 23.2 Å². The number of hydrogen-bond donors (Lipinski definition) is 1. The maximum atomic E-state index is 12.0. The summed E-state index contributed by atoms with van der Waals surface area (Å²) in [5.41, 5.74) is 5.84. The molecule has 1 fully saturated rings. The summed E-state index contributed by atoms with van der Waals surface area (Å²) in [4.78, 5) is 13.7. The van der Waals surface area contributed by atoms with Crippen molar-refractivity contribution < 1.29 is 9.53 Å². The van der Waals surface area contributed by atoms with E-state index in [1.54, 1.807) is 23.1 Å². The van der Waals surface area contributed by atoms with Crippen molar-refractivity contribution in [2.24, 2.45) is 5.73 Å². The maximum Gasteiger partial charge on any atom is 0.260 e. The summed E-state index contributed by atoms with van der Waals surface area (Å²) in [6.45, 7) is 1.28. The molecule has 1 heterocycles. The largest absolute Gasteiger partial charge is 0.482 e. The quantitative estimate of drug-likeness (QED) is 0.932. The van der Waals surface area contributed by atoms with E-state index in [-0.39, 0.29) is 18.6 Å². The molecule has 19 heavy (non-hydrogen) atoms. The number of amides is 1. The van der Waals surface area contributed by atoms with Crippen molar-refractivity contribution in [3.05, 3.63) is 28.2 Å². The van der Waals surface area contributed by atoms with E-state index in [1.165, 1.54) is 0 Å². The Morgan fingerprint density at radius 1 is 1.47 bits per heavy atom. The van der Waals surface area contributed by atoms with Gasteiger partial charge in [-0.05, 0) is 25.0 Å². The van der Waals surface area contributed by atoms with E-state index < -0.39 is 0 Å². The summed E-state index contributed by atoms with van der Waals surface area (Å²) in [5.74, 6) is 0.343. The van der Waals surface area contributed by atoms with Gasteiger partial charge in [0.1, 0.15) is 5.75 Å². The van der Waals surface area contributed by atoms with Crippen molar-refractivity contribution in [3.63, 3.8) is 0 Å².